The van der Waals surface area contributed by atoms with E-state index >= 15 is 0 Å². The van der Waals surface area contributed by atoms with E-state index < -0.39 is 37.3 Å². The Hall–Kier alpha value is -3.15. The van der Waals surface area contributed by atoms with Gasteiger partial charge in [0.25, 0.3) is 0 Å². The van der Waals surface area contributed by atoms with Gasteiger partial charge in [-0.2, -0.15) is 0 Å². The quantitative estimate of drug-likeness (QED) is 0.286. The lowest BCUT2D eigenvalue weighted by Gasteiger charge is -2.39. The van der Waals surface area contributed by atoms with Crippen molar-refractivity contribution >= 4 is 11.0 Å². The molecule has 5 atom stereocenters. The molecule has 1 aliphatic heterocycles. The van der Waals surface area contributed by atoms with Crippen molar-refractivity contribution in [3.8, 4) is 34.3 Å². The Morgan fingerprint density at radius 3 is 2.38 bits per heavy atom. The predicted octanol–water partition coefficient (Wildman–Crippen LogP) is 0.985. The molecule has 2 aromatic carbocycles. The fourth-order valence-electron chi connectivity index (χ4n) is 3.51. The van der Waals surface area contributed by atoms with Crippen molar-refractivity contribution in [3.63, 3.8) is 0 Å². The zero-order chi connectivity index (χ0) is 23.2. The summed E-state index contributed by atoms with van der Waals surface area (Å²) in [5.74, 6) is -0.532. The minimum atomic E-state index is -1.67. The van der Waals surface area contributed by atoms with Crippen LogP contribution in [0.25, 0.3) is 22.3 Å². The van der Waals surface area contributed by atoms with Crippen LogP contribution in [0.15, 0.2) is 40.8 Å². The van der Waals surface area contributed by atoms with Crippen molar-refractivity contribution in [2.24, 2.45) is 0 Å². The van der Waals surface area contributed by atoms with E-state index in [0.717, 1.165) is 6.07 Å². The molecule has 0 radical (unpaired) electrons. The summed E-state index contributed by atoms with van der Waals surface area (Å²) in [4.78, 5) is 0. The van der Waals surface area contributed by atoms with Crippen LogP contribution in [-0.2, 0) is 4.74 Å². The number of rotatable bonds is 4. The minimum Gasteiger partial charge on any atom is -0.508 e. The number of ether oxygens (including phenoxy) is 2. The molecule has 1 saturated heterocycles. The normalized spacial score (nSPS) is 25.7. The first-order chi connectivity index (χ1) is 15.2. The number of hydrogen-bond acceptors (Lipinski definition) is 9. The van der Waals surface area contributed by atoms with Crippen molar-refractivity contribution in [2.75, 3.05) is 6.61 Å². The molecule has 0 bridgehead atoms. The van der Waals surface area contributed by atoms with Crippen LogP contribution in [0.3, 0.4) is 0 Å². The molecule has 7 N–H and O–H groups in total. The molecule has 3 aromatic rings. The third kappa shape index (κ3) is 3.90. The van der Waals surface area contributed by atoms with Crippen LogP contribution < -0.4 is 4.74 Å². The number of aromatic hydroxyl groups is 3. The molecule has 1 aliphatic rings. The van der Waals surface area contributed by atoms with Gasteiger partial charge in [0.2, 0.25) is 12.0 Å². The van der Waals surface area contributed by atoms with Gasteiger partial charge in [0.15, 0.2) is 0 Å². The highest BCUT2D eigenvalue weighted by atomic mass is 16.7. The van der Waals surface area contributed by atoms with Crippen molar-refractivity contribution in [3.05, 3.63) is 42.0 Å². The van der Waals surface area contributed by atoms with Gasteiger partial charge in [0.05, 0.1) is 18.2 Å². The summed E-state index contributed by atoms with van der Waals surface area (Å²) in [5, 5.41) is 70.1. The lowest BCUT2D eigenvalue weighted by molar-refractivity contribution is -0.277. The van der Waals surface area contributed by atoms with Crippen LogP contribution >= 0.6 is 0 Å². The van der Waals surface area contributed by atoms with E-state index in [2.05, 4.69) is 0 Å². The van der Waals surface area contributed by atoms with E-state index in [0.29, 0.717) is 11.1 Å². The maximum absolute atomic E-state index is 10.3. The van der Waals surface area contributed by atoms with Crippen molar-refractivity contribution < 1.29 is 49.6 Å². The minimum absolute atomic E-state index is 0.0182. The summed E-state index contributed by atoms with van der Waals surface area (Å²) in [7, 11) is 0. The fraction of sp³-hybridized carbons (Fsp3) is 0.318. The summed E-state index contributed by atoms with van der Waals surface area (Å²) < 4.78 is 17.0. The van der Waals surface area contributed by atoms with E-state index in [1.165, 1.54) is 18.2 Å². The zero-order valence-electron chi connectivity index (χ0n) is 16.9. The van der Waals surface area contributed by atoms with Crippen LogP contribution in [0, 0.1) is 6.92 Å². The molecule has 170 valence electrons. The topological polar surface area (TPSA) is 171 Å². The molecule has 2 heterocycles. The van der Waals surface area contributed by atoms with Gasteiger partial charge in [-0.25, -0.2) is 4.42 Å². The Morgan fingerprint density at radius 2 is 1.69 bits per heavy atom. The monoisotopic (exact) mass is 447 g/mol. The van der Waals surface area contributed by atoms with Gasteiger partial charge < -0.3 is 45.2 Å². The number of benzene rings is 2. The smallest absolute Gasteiger partial charge is 0.402 e. The number of aliphatic hydroxyl groups is 4. The molecule has 4 rings (SSSR count). The van der Waals surface area contributed by atoms with Crippen LogP contribution in [0.5, 0.6) is 23.0 Å². The highest BCUT2D eigenvalue weighted by molar-refractivity contribution is 5.88. The Balaban J connectivity index is 1.84. The highest BCUT2D eigenvalue weighted by Crippen LogP contribution is 2.41. The van der Waals surface area contributed by atoms with E-state index in [1.54, 1.807) is 19.1 Å². The van der Waals surface area contributed by atoms with E-state index in [9.17, 15) is 35.7 Å². The standard InChI is InChI=1S/C22H22O10/c1-9-2-3-10(4-13(9)25)21-16(7-12-14(26)5-11(24)6-15(12)30-21)31-22-20(29)19(28)18(27)17(8-23)32-22/h2-7,17-20,22-23,27-29H,8H2,1H3,(H2-,24,25,26)/p+1. The highest BCUT2D eigenvalue weighted by Gasteiger charge is 2.45. The first kappa shape index (κ1) is 22.1. The SMILES string of the molecule is Cc1ccc(-c2[o+]c3cc(O)cc(O)c3cc2OC2OC(CO)C(O)C(O)C2O)cc1O. The van der Waals surface area contributed by atoms with Crippen LogP contribution in [-0.4, -0.2) is 73.1 Å². The number of phenolic OH excluding ortho intramolecular Hbond substituents is 3. The number of aliphatic hydroxyl groups excluding tert-OH is 4. The number of phenols is 3. The summed E-state index contributed by atoms with van der Waals surface area (Å²) in [6, 6.07) is 8.46. The summed E-state index contributed by atoms with van der Waals surface area (Å²) in [6.45, 7) is 1.07. The van der Waals surface area contributed by atoms with Crippen LogP contribution in [0.1, 0.15) is 5.56 Å². The van der Waals surface area contributed by atoms with Gasteiger partial charge in [0, 0.05) is 12.1 Å². The average Bonchev–Trinajstić information content (AvgIpc) is 2.76. The maximum atomic E-state index is 10.3. The Kier molecular flexibility index (Phi) is 5.80. The fourth-order valence-corrected chi connectivity index (χ4v) is 3.51. The number of fused-ring (bicyclic) bond motifs is 1. The van der Waals surface area contributed by atoms with Crippen molar-refractivity contribution in [2.45, 2.75) is 37.6 Å². The van der Waals surface area contributed by atoms with E-state index in [-0.39, 0.29) is 39.7 Å². The molecule has 32 heavy (non-hydrogen) atoms. The molecule has 1 fully saturated rings. The number of aryl methyl sites for hydroxylation is 1. The van der Waals surface area contributed by atoms with E-state index in [4.69, 9.17) is 13.9 Å². The summed E-state index contributed by atoms with van der Waals surface area (Å²) >= 11 is 0. The lowest BCUT2D eigenvalue weighted by Crippen LogP contribution is -2.60. The first-order valence-electron chi connectivity index (χ1n) is 9.79. The third-order valence-corrected chi connectivity index (χ3v) is 5.38. The largest absolute Gasteiger partial charge is 0.508 e. The van der Waals surface area contributed by atoms with Gasteiger partial charge in [-0.05, 0) is 24.6 Å². The van der Waals surface area contributed by atoms with Gasteiger partial charge in [-0.3, -0.25) is 0 Å². The number of hydrogen-bond donors (Lipinski definition) is 7. The second kappa shape index (κ2) is 8.41. The van der Waals surface area contributed by atoms with Crippen LogP contribution in [0.2, 0.25) is 0 Å². The van der Waals surface area contributed by atoms with Crippen molar-refractivity contribution in [1.29, 1.82) is 0 Å². The van der Waals surface area contributed by atoms with Crippen LogP contribution in [0.4, 0.5) is 0 Å². The average molecular weight is 447 g/mol. The molecular formula is C22H23O10+. The predicted molar refractivity (Wildman–Crippen MR) is 110 cm³/mol. The second-order valence-corrected chi connectivity index (χ2v) is 7.63. The molecule has 10 nitrogen and oxygen atoms in total. The molecule has 0 amide bonds. The first-order valence-corrected chi connectivity index (χ1v) is 9.79. The van der Waals surface area contributed by atoms with Crippen molar-refractivity contribution in [1.82, 2.24) is 0 Å². The molecule has 10 heteroatoms. The summed E-state index contributed by atoms with van der Waals surface area (Å²) in [5.41, 5.74) is 1.09. The maximum Gasteiger partial charge on any atom is 0.402 e. The molecule has 0 spiro atoms. The summed E-state index contributed by atoms with van der Waals surface area (Å²) in [6.07, 6.45) is -7.57. The molecule has 0 aliphatic carbocycles. The van der Waals surface area contributed by atoms with E-state index in [1.807, 2.05) is 0 Å². The van der Waals surface area contributed by atoms with Gasteiger partial charge in [-0.1, -0.05) is 6.07 Å². The van der Waals surface area contributed by atoms with Gasteiger partial charge >= 0.3 is 11.3 Å². The van der Waals surface area contributed by atoms with Gasteiger partial charge in [0.1, 0.15) is 47.1 Å². The second-order valence-electron chi connectivity index (χ2n) is 7.63. The Bertz CT molecular complexity index is 1150. The molecule has 0 saturated carbocycles. The van der Waals surface area contributed by atoms with Gasteiger partial charge in [-0.15, -0.1) is 0 Å². The molecular weight excluding hydrogens is 424 g/mol. The Morgan fingerprint density at radius 1 is 0.938 bits per heavy atom. The molecule has 1 aromatic heterocycles. The third-order valence-electron chi connectivity index (χ3n) is 5.38. The zero-order valence-corrected chi connectivity index (χ0v) is 16.9. The molecule has 5 unspecified atom stereocenters. The lowest BCUT2D eigenvalue weighted by atomic mass is 9.99. The Labute approximate surface area is 181 Å².